The average molecular weight is 340 g/mol. The van der Waals surface area contributed by atoms with E-state index in [2.05, 4.69) is 10.3 Å². The predicted molar refractivity (Wildman–Crippen MR) is 92.8 cm³/mol. The molecule has 0 saturated heterocycles. The highest BCUT2D eigenvalue weighted by atomic mass is 32.1. The van der Waals surface area contributed by atoms with Gasteiger partial charge in [-0.3, -0.25) is 4.79 Å². The third kappa shape index (κ3) is 2.91. The Morgan fingerprint density at radius 3 is 2.87 bits per heavy atom. The van der Waals surface area contributed by atoms with Crippen LogP contribution in [0.3, 0.4) is 0 Å². The van der Waals surface area contributed by atoms with Gasteiger partial charge in [0.25, 0.3) is 5.91 Å². The average Bonchev–Trinajstić information content (AvgIpc) is 3.31. The molecular formula is C17H12N2O2S2. The Balaban J connectivity index is 1.52. The van der Waals surface area contributed by atoms with Crippen molar-refractivity contribution in [2.24, 2.45) is 0 Å². The van der Waals surface area contributed by atoms with E-state index >= 15 is 0 Å². The number of carbonyl (C=O) groups is 1. The lowest BCUT2D eigenvalue weighted by atomic mass is 10.3. The minimum Gasteiger partial charge on any atom is -0.448 e. The lowest BCUT2D eigenvalue weighted by Gasteiger charge is -2.00. The first-order chi connectivity index (χ1) is 11.3. The molecule has 0 bridgehead atoms. The molecule has 0 spiro atoms. The maximum Gasteiger partial charge on any atom is 0.287 e. The van der Waals surface area contributed by atoms with Crippen molar-refractivity contribution in [1.82, 2.24) is 10.3 Å². The number of para-hydroxylation sites is 1. The molecule has 23 heavy (non-hydrogen) atoms. The van der Waals surface area contributed by atoms with Gasteiger partial charge < -0.3 is 9.73 Å². The fraction of sp³-hybridized carbons (Fsp3) is 0.0588. The molecule has 0 fully saturated rings. The maximum absolute atomic E-state index is 12.1. The number of hydrogen-bond acceptors (Lipinski definition) is 5. The molecular weight excluding hydrogens is 328 g/mol. The van der Waals surface area contributed by atoms with Crippen LogP contribution in [-0.2, 0) is 6.54 Å². The van der Waals surface area contributed by atoms with Crippen LogP contribution in [0, 0.1) is 0 Å². The molecule has 4 nitrogen and oxygen atoms in total. The van der Waals surface area contributed by atoms with Crippen molar-refractivity contribution < 1.29 is 9.21 Å². The van der Waals surface area contributed by atoms with Gasteiger partial charge in [0.2, 0.25) is 0 Å². The Bertz CT molecular complexity index is 921. The van der Waals surface area contributed by atoms with Gasteiger partial charge in [-0.15, -0.1) is 22.7 Å². The van der Waals surface area contributed by atoms with Gasteiger partial charge in [0.1, 0.15) is 0 Å². The Morgan fingerprint density at radius 1 is 1.13 bits per heavy atom. The Morgan fingerprint density at radius 2 is 2.04 bits per heavy atom. The smallest absolute Gasteiger partial charge is 0.287 e. The minimum atomic E-state index is -0.217. The normalized spacial score (nSPS) is 11.0. The molecule has 114 valence electrons. The lowest BCUT2D eigenvalue weighted by molar-refractivity contribution is 0.0924. The van der Waals surface area contributed by atoms with E-state index in [4.69, 9.17) is 4.42 Å². The van der Waals surface area contributed by atoms with Crippen LogP contribution in [0.4, 0.5) is 0 Å². The number of aromatic nitrogens is 1. The number of fused-ring (bicyclic) bond motifs is 1. The van der Waals surface area contributed by atoms with Crippen molar-refractivity contribution in [3.8, 4) is 10.8 Å². The number of thiophene rings is 1. The molecule has 1 aromatic carbocycles. The summed E-state index contributed by atoms with van der Waals surface area (Å²) in [5, 5.41) is 5.62. The number of furan rings is 1. The first-order valence-electron chi connectivity index (χ1n) is 7.06. The number of thiazole rings is 1. The highest BCUT2D eigenvalue weighted by Crippen LogP contribution is 2.31. The van der Waals surface area contributed by atoms with Crippen molar-refractivity contribution >= 4 is 38.8 Å². The van der Waals surface area contributed by atoms with Gasteiger partial charge in [-0.1, -0.05) is 18.2 Å². The maximum atomic E-state index is 12.1. The second-order valence-electron chi connectivity index (χ2n) is 4.91. The first-order valence-corrected chi connectivity index (χ1v) is 8.75. The standard InChI is InChI=1S/C17H12N2O2S2/c20-16(18-10-11-4-3-9-22-11)13-7-8-14(21-13)17-19-12-5-1-2-6-15(12)23-17/h1-9H,10H2,(H,18,20). The molecule has 0 aliphatic carbocycles. The predicted octanol–water partition coefficient (Wildman–Crippen LogP) is 4.55. The van der Waals surface area contributed by atoms with E-state index in [1.807, 2.05) is 41.8 Å². The number of hydrogen-bond donors (Lipinski definition) is 1. The summed E-state index contributed by atoms with van der Waals surface area (Å²) in [5.74, 6) is 0.703. The summed E-state index contributed by atoms with van der Waals surface area (Å²) < 4.78 is 6.77. The van der Waals surface area contributed by atoms with E-state index in [0.29, 0.717) is 18.1 Å². The SMILES string of the molecule is O=C(NCc1cccs1)c1ccc(-c2nc3ccccc3s2)o1. The fourth-order valence-electron chi connectivity index (χ4n) is 2.22. The summed E-state index contributed by atoms with van der Waals surface area (Å²) in [6, 6.07) is 15.3. The molecule has 4 rings (SSSR count). The van der Waals surface area contributed by atoms with Gasteiger partial charge in [0.15, 0.2) is 16.5 Å². The zero-order valence-corrected chi connectivity index (χ0v) is 13.6. The molecule has 0 atom stereocenters. The molecule has 0 unspecified atom stereocenters. The van der Waals surface area contributed by atoms with Crippen LogP contribution in [0.1, 0.15) is 15.4 Å². The third-order valence-corrected chi connectivity index (χ3v) is 5.27. The topological polar surface area (TPSA) is 55.1 Å². The summed E-state index contributed by atoms with van der Waals surface area (Å²) in [6.07, 6.45) is 0. The Hall–Kier alpha value is -2.44. The summed E-state index contributed by atoms with van der Waals surface area (Å²) >= 11 is 3.16. The molecule has 0 saturated carbocycles. The van der Waals surface area contributed by atoms with Crippen molar-refractivity contribution in [3.05, 3.63) is 64.5 Å². The van der Waals surface area contributed by atoms with Crippen LogP contribution in [0.2, 0.25) is 0 Å². The lowest BCUT2D eigenvalue weighted by Crippen LogP contribution is -2.21. The Labute approximate surface area is 140 Å². The summed E-state index contributed by atoms with van der Waals surface area (Å²) in [5.41, 5.74) is 0.938. The zero-order chi connectivity index (χ0) is 15.6. The minimum absolute atomic E-state index is 0.217. The molecule has 1 amide bonds. The van der Waals surface area contributed by atoms with Crippen LogP contribution in [0.15, 0.2) is 58.3 Å². The monoisotopic (exact) mass is 340 g/mol. The molecule has 3 aromatic heterocycles. The molecule has 0 aliphatic heterocycles. The number of amides is 1. The van der Waals surface area contributed by atoms with E-state index in [1.165, 1.54) is 0 Å². The van der Waals surface area contributed by atoms with E-state index in [0.717, 1.165) is 20.1 Å². The van der Waals surface area contributed by atoms with Gasteiger partial charge >= 0.3 is 0 Å². The number of benzene rings is 1. The number of nitrogens with zero attached hydrogens (tertiary/aromatic N) is 1. The number of nitrogens with one attached hydrogen (secondary N) is 1. The van der Waals surface area contributed by atoms with Crippen molar-refractivity contribution in [3.63, 3.8) is 0 Å². The van der Waals surface area contributed by atoms with Crippen LogP contribution >= 0.6 is 22.7 Å². The zero-order valence-electron chi connectivity index (χ0n) is 12.0. The van der Waals surface area contributed by atoms with Crippen molar-refractivity contribution in [2.45, 2.75) is 6.54 Å². The van der Waals surface area contributed by atoms with E-state index in [9.17, 15) is 4.79 Å². The van der Waals surface area contributed by atoms with Crippen molar-refractivity contribution in [1.29, 1.82) is 0 Å². The van der Waals surface area contributed by atoms with E-state index in [1.54, 1.807) is 34.8 Å². The third-order valence-electron chi connectivity index (χ3n) is 3.34. The summed E-state index contributed by atoms with van der Waals surface area (Å²) in [7, 11) is 0. The summed E-state index contributed by atoms with van der Waals surface area (Å²) in [6.45, 7) is 0.508. The highest BCUT2D eigenvalue weighted by molar-refractivity contribution is 7.21. The van der Waals surface area contributed by atoms with Crippen LogP contribution in [0.25, 0.3) is 21.0 Å². The van der Waals surface area contributed by atoms with Gasteiger partial charge in [0.05, 0.1) is 16.8 Å². The molecule has 0 radical (unpaired) electrons. The number of rotatable bonds is 4. The highest BCUT2D eigenvalue weighted by Gasteiger charge is 2.14. The van der Waals surface area contributed by atoms with Crippen LogP contribution in [-0.4, -0.2) is 10.9 Å². The second-order valence-corrected chi connectivity index (χ2v) is 6.98. The molecule has 3 heterocycles. The van der Waals surface area contributed by atoms with Gasteiger partial charge in [-0.2, -0.15) is 0 Å². The van der Waals surface area contributed by atoms with Crippen LogP contribution in [0.5, 0.6) is 0 Å². The van der Waals surface area contributed by atoms with Crippen LogP contribution < -0.4 is 5.32 Å². The molecule has 4 aromatic rings. The second kappa shape index (κ2) is 5.98. The van der Waals surface area contributed by atoms with Crippen molar-refractivity contribution in [2.75, 3.05) is 0 Å². The fourth-order valence-corrected chi connectivity index (χ4v) is 3.79. The summed E-state index contributed by atoms with van der Waals surface area (Å²) in [4.78, 5) is 17.8. The quantitative estimate of drug-likeness (QED) is 0.593. The van der Waals surface area contributed by atoms with Gasteiger partial charge in [-0.25, -0.2) is 4.98 Å². The molecule has 1 N–H and O–H groups in total. The molecule has 6 heteroatoms. The van der Waals surface area contributed by atoms with E-state index in [-0.39, 0.29) is 5.91 Å². The number of carbonyl (C=O) groups excluding carboxylic acids is 1. The van der Waals surface area contributed by atoms with E-state index < -0.39 is 0 Å². The van der Waals surface area contributed by atoms with Gasteiger partial charge in [-0.05, 0) is 35.7 Å². The largest absolute Gasteiger partial charge is 0.448 e. The first kappa shape index (κ1) is 14.2. The van der Waals surface area contributed by atoms with Gasteiger partial charge in [0, 0.05) is 4.88 Å². The molecule has 0 aliphatic rings. The Kier molecular flexibility index (Phi) is 3.69.